The molecule has 0 aliphatic heterocycles. The number of pyridine rings is 1. The van der Waals surface area contributed by atoms with Crippen LogP contribution in [0.2, 0.25) is 0 Å². The Hall–Kier alpha value is -1.77. The van der Waals surface area contributed by atoms with Crippen molar-refractivity contribution >= 4 is 16.6 Å². The van der Waals surface area contributed by atoms with E-state index < -0.39 is 0 Å². The fraction of sp³-hybridized carbons (Fsp3) is 0.471. The van der Waals surface area contributed by atoms with Crippen molar-refractivity contribution in [1.82, 2.24) is 4.98 Å². The van der Waals surface area contributed by atoms with Crippen LogP contribution in [0.3, 0.4) is 0 Å². The first-order valence-corrected chi connectivity index (χ1v) is 7.19. The van der Waals surface area contributed by atoms with Crippen molar-refractivity contribution in [1.29, 1.82) is 0 Å². The standard InChI is InChI=1S/C17H24N2O/c1-6-10-18-13-11-15(17(2,3)4)19-16-12(13)8-7-9-14(16)20-5/h7-9,11H,6,10H2,1-5H3,(H,18,19). The summed E-state index contributed by atoms with van der Waals surface area (Å²) >= 11 is 0. The van der Waals surface area contributed by atoms with Crippen LogP contribution in [0.15, 0.2) is 24.3 Å². The van der Waals surface area contributed by atoms with E-state index in [1.54, 1.807) is 7.11 Å². The Morgan fingerprint density at radius 1 is 1.25 bits per heavy atom. The monoisotopic (exact) mass is 272 g/mol. The molecule has 0 saturated heterocycles. The molecule has 1 heterocycles. The van der Waals surface area contributed by atoms with Crippen LogP contribution in [0.4, 0.5) is 5.69 Å². The minimum absolute atomic E-state index is 0.0116. The molecule has 0 aliphatic carbocycles. The first kappa shape index (κ1) is 14.6. The molecule has 1 aromatic heterocycles. The van der Waals surface area contributed by atoms with E-state index in [0.717, 1.165) is 41.0 Å². The quantitative estimate of drug-likeness (QED) is 0.897. The maximum absolute atomic E-state index is 5.46. The zero-order valence-corrected chi connectivity index (χ0v) is 13.1. The Bertz CT molecular complexity index is 600. The number of fused-ring (bicyclic) bond motifs is 1. The third kappa shape index (κ3) is 2.87. The van der Waals surface area contributed by atoms with Gasteiger partial charge >= 0.3 is 0 Å². The molecule has 2 aromatic rings. The summed E-state index contributed by atoms with van der Waals surface area (Å²) in [5.41, 5.74) is 3.16. The predicted octanol–water partition coefficient (Wildman–Crippen LogP) is 4.36. The molecule has 108 valence electrons. The largest absolute Gasteiger partial charge is 0.494 e. The number of benzene rings is 1. The van der Waals surface area contributed by atoms with E-state index in [-0.39, 0.29) is 5.41 Å². The lowest BCUT2D eigenvalue weighted by Gasteiger charge is -2.21. The van der Waals surface area contributed by atoms with Crippen LogP contribution in [0.25, 0.3) is 10.9 Å². The summed E-state index contributed by atoms with van der Waals surface area (Å²) in [4.78, 5) is 4.82. The smallest absolute Gasteiger partial charge is 0.145 e. The summed E-state index contributed by atoms with van der Waals surface area (Å²) in [6, 6.07) is 8.23. The van der Waals surface area contributed by atoms with Gasteiger partial charge in [-0.15, -0.1) is 0 Å². The number of hydrogen-bond acceptors (Lipinski definition) is 3. The molecule has 1 N–H and O–H groups in total. The molecule has 0 spiro atoms. The van der Waals surface area contributed by atoms with Crippen molar-refractivity contribution in [3.63, 3.8) is 0 Å². The first-order valence-electron chi connectivity index (χ1n) is 7.19. The van der Waals surface area contributed by atoms with Crippen molar-refractivity contribution < 1.29 is 4.74 Å². The van der Waals surface area contributed by atoms with Gasteiger partial charge in [-0.1, -0.05) is 39.8 Å². The number of nitrogens with one attached hydrogen (secondary N) is 1. The second-order valence-electron chi connectivity index (χ2n) is 6.09. The van der Waals surface area contributed by atoms with Gasteiger partial charge in [0.15, 0.2) is 0 Å². The zero-order chi connectivity index (χ0) is 14.8. The van der Waals surface area contributed by atoms with E-state index >= 15 is 0 Å². The molecule has 0 amide bonds. The van der Waals surface area contributed by atoms with Crippen molar-refractivity contribution in [2.24, 2.45) is 0 Å². The summed E-state index contributed by atoms with van der Waals surface area (Å²) < 4.78 is 5.46. The van der Waals surface area contributed by atoms with Crippen molar-refractivity contribution in [3.8, 4) is 5.75 Å². The molecule has 3 nitrogen and oxygen atoms in total. The Labute approximate surface area is 121 Å². The highest BCUT2D eigenvalue weighted by Gasteiger charge is 2.19. The number of aromatic nitrogens is 1. The fourth-order valence-electron chi connectivity index (χ4n) is 2.18. The molecular formula is C17H24N2O. The Balaban J connectivity index is 2.68. The lowest BCUT2D eigenvalue weighted by molar-refractivity contribution is 0.418. The molecule has 2 rings (SSSR count). The number of methoxy groups -OCH3 is 1. The summed E-state index contributed by atoms with van der Waals surface area (Å²) in [6.07, 6.45) is 1.10. The summed E-state index contributed by atoms with van der Waals surface area (Å²) in [5, 5.41) is 4.62. The van der Waals surface area contributed by atoms with Gasteiger partial charge in [0.1, 0.15) is 11.3 Å². The van der Waals surface area contributed by atoms with Crippen LogP contribution in [0.5, 0.6) is 5.75 Å². The molecule has 3 heteroatoms. The van der Waals surface area contributed by atoms with Gasteiger partial charge in [-0.3, -0.25) is 0 Å². The van der Waals surface area contributed by atoms with Crippen LogP contribution in [-0.2, 0) is 5.41 Å². The van der Waals surface area contributed by atoms with Gasteiger partial charge in [0.2, 0.25) is 0 Å². The van der Waals surface area contributed by atoms with E-state index in [1.165, 1.54) is 0 Å². The number of nitrogens with zero attached hydrogens (tertiary/aromatic N) is 1. The predicted molar refractivity (Wildman–Crippen MR) is 85.8 cm³/mol. The van der Waals surface area contributed by atoms with Gasteiger partial charge in [0, 0.05) is 28.7 Å². The Morgan fingerprint density at radius 3 is 2.60 bits per heavy atom. The maximum atomic E-state index is 5.46. The van der Waals surface area contributed by atoms with Gasteiger partial charge < -0.3 is 10.1 Å². The Morgan fingerprint density at radius 2 is 2.00 bits per heavy atom. The van der Waals surface area contributed by atoms with E-state index in [1.807, 2.05) is 12.1 Å². The molecule has 0 radical (unpaired) electrons. The molecule has 0 unspecified atom stereocenters. The van der Waals surface area contributed by atoms with Crippen LogP contribution in [0, 0.1) is 0 Å². The van der Waals surface area contributed by atoms with Crippen LogP contribution in [-0.4, -0.2) is 18.6 Å². The number of anilines is 1. The molecule has 1 aromatic carbocycles. The van der Waals surface area contributed by atoms with Crippen LogP contribution >= 0.6 is 0 Å². The van der Waals surface area contributed by atoms with Gasteiger partial charge in [0.25, 0.3) is 0 Å². The third-order valence-electron chi connectivity index (χ3n) is 3.36. The lowest BCUT2D eigenvalue weighted by Crippen LogP contribution is -2.15. The average Bonchev–Trinajstić information content (AvgIpc) is 2.42. The normalized spacial score (nSPS) is 11.7. The highest BCUT2D eigenvalue weighted by Crippen LogP contribution is 2.33. The minimum atomic E-state index is 0.0116. The van der Waals surface area contributed by atoms with Gasteiger partial charge in [-0.05, 0) is 18.6 Å². The summed E-state index contributed by atoms with van der Waals surface area (Å²) in [5.74, 6) is 0.827. The SMILES string of the molecule is CCCNc1cc(C(C)(C)C)nc2c(OC)cccc12. The first-order chi connectivity index (χ1) is 9.47. The Kier molecular flexibility index (Phi) is 4.17. The minimum Gasteiger partial charge on any atom is -0.494 e. The van der Waals surface area contributed by atoms with E-state index in [9.17, 15) is 0 Å². The number of hydrogen-bond donors (Lipinski definition) is 1. The van der Waals surface area contributed by atoms with Crippen molar-refractivity contribution in [3.05, 3.63) is 30.0 Å². The number of rotatable bonds is 4. The highest BCUT2D eigenvalue weighted by molar-refractivity contribution is 5.95. The summed E-state index contributed by atoms with van der Waals surface area (Å²) in [7, 11) is 1.69. The molecule has 0 saturated carbocycles. The zero-order valence-electron chi connectivity index (χ0n) is 13.1. The van der Waals surface area contributed by atoms with Gasteiger partial charge in [-0.2, -0.15) is 0 Å². The van der Waals surface area contributed by atoms with Crippen molar-refractivity contribution in [2.45, 2.75) is 39.5 Å². The average molecular weight is 272 g/mol. The van der Waals surface area contributed by atoms with Crippen molar-refractivity contribution in [2.75, 3.05) is 19.0 Å². The molecular weight excluding hydrogens is 248 g/mol. The molecule has 0 fully saturated rings. The second-order valence-corrected chi connectivity index (χ2v) is 6.09. The number of ether oxygens (including phenoxy) is 1. The molecule has 0 atom stereocenters. The summed E-state index contributed by atoms with van der Waals surface area (Å²) in [6.45, 7) is 9.67. The number of para-hydroxylation sites is 1. The van der Waals surface area contributed by atoms with Gasteiger partial charge in [-0.25, -0.2) is 4.98 Å². The van der Waals surface area contributed by atoms with E-state index in [4.69, 9.17) is 9.72 Å². The fourth-order valence-corrected chi connectivity index (χ4v) is 2.18. The van der Waals surface area contributed by atoms with Crippen LogP contribution in [0.1, 0.15) is 39.8 Å². The van der Waals surface area contributed by atoms with Crippen LogP contribution < -0.4 is 10.1 Å². The molecule has 20 heavy (non-hydrogen) atoms. The van der Waals surface area contributed by atoms with Gasteiger partial charge in [0.05, 0.1) is 7.11 Å². The lowest BCUT2D eigenvalue weighted by atomic mass is 9.90. The topological polar surface area (TPSA) is 34.2 Å². The highest BCUT2D eigenvalue weighted by atomic mass is 16.5. The second kappa shape index (κ2) is 5.70. The third-order valence-corrected chi connectivity index (χ3v) is 3.36. The maximum Gasteiger partial charge on any atom is 0.145 e. The van der Waals surface area contributed by atoms with E-state index in [0.29, 0.717) is 0 Å². The van der Waals surface area contributed by atoms with E-state index in [2.05, 4.69) is 45.1 Å². The molecule has 0 aliphatic rings. The molecule has 0 bridgehead atoms.